The van der Waals surface area contributed by atoms with Crippen molar-refractivity contribution in [3.8, 4) is 12.1 Å². The highest BCUT2D eigenvalue weighted by molar-refractivity contribution is 6.10. The molecule has 1 aliphatic rings. The molecule has 0 aliphatic carbocycles. The summed E-state index contributed by atoms with van der Waals surface area (Å²) >= 11 is 0. The van der Waals surface area contributed by atoms with Gasteiger partial charge < -0.3 is 0 Å². The first kappa shape index (κ1) is 13.1. The van der Waals surface area contributed by atoms with Crippen LogP contribution in [0.25, 0.3) is 0 Å². The molecule has 0 atom stereocenters. The molecule has 1 aliphatic heterocycles. The van der Waals surface area contributed by atoms with Crippen LogP contribution in [0.4, 0.5) is 5.69 Å². The Labute approximate surface area is 112 Å². The van der Waals surface area contributed by atoms with Gasteiger partial charge in [0, 0.05) is 6.54 Å². The second-order valence-electron chi connectivity index (χ2n) is 4.48. The van der Waals surface area contributed by atoms with Crippen LogP contribution in [0.2, 0.25) is 0 Å². The summed E-state index contributed by atoms with van der Waals surface area (Å²) in [6.45, 7) is 3.24. The maximum absolute atomic E-state index is 8.60. The predicted molar refractivity (Wildman–Crippen MR) is 73.2 cm³/mol. The van der Waals surface area contributed by atoms with E-state index in [1.807, 2.05) is 18.2 Å². The highest BCUT2D eigenvalue weighted by atomic mass is 15.3. The highest BCUT2D eigenvalue weighted by Crippen LogP contribution is 2.16. The molecule has 0 saturated carbocycles. The zero-order valence-corrected chi connectivity index (χ0v) is 10.6. The molecule has 1 heterocycles. The molecule has 2 rings (SSSR count). The number of nitrogens with zero attached hydrogens (tertiary/aromatic N) is 4. The number of hydrogen-bond acceptors (Lipinski definition) is 5. The monoisotopic (exact) mass is 253 g/mol. The largest absolute Gasteiger partial charge is 0.299 e. The van der Waals surface area contributed by atoms with Gasteiger partial charge in [0.2, 0.25) is 5.71 Å². The van der Waals surface area contributed by atoms with Crippen LogP contribution in [0.5, 0.6) is 0 Å². The lowest BCUT2D eigenvalue weighted by molar-refractivity contribution is 0.331. The minimum atomic E-state index is -0.176. The fourth-order valence-electron chi connectivity index (χ4n) is 2.13. The summed E-state index contributed by atoms with van der Waals surface area (Å²) in [5, 5.41) is 20.9. The number of anilines is 1. The topological polar surface area (TPSA) is 75.2 Å². The van der Waals surface area contributed by atoms with Crippen LogP contribution in [0.3, 0.4) is 0 Å². The molecule has 0 spiro atoms. The normalized spacial score (nSPS) is 14.4. The van der Waals surface area contributed by atoms with Crippen molar-refractivity contribution in [2.45, 2.75) is 19.4 Å². The van der Waals surface area contributed by atoms with Gasteiger partial charge in [-0.1, -0.05) is 12.1 Å². The average molecular weight is 253 g/mol. The summed E-state index contributed by atoms with van der Waals surface area (Å²) in [5.74, 6) is 0. The molecule has 1 fully saturated rings. The van der Waals surface area contributed by atoms with E-state index >= 15 is 0 Å². The lowest BCUT2D eigenvalue weighted by atomic mass is 10.2. The van der Waals surface area contributed by atoms with Gasteiger partial charge in [0.1, 0.15) is 12.1 Å². The predicted octanol–water partition coefficient (Wildman–Crippen LogP) is 2.10. The lowest BCUT2D eigenvalue weighted by Gasteiger charge is -2.14. The van der Waals surface area contributed by atoms with Gasteiger partial charge in [-0.3, -0.25) is 10.3 Å². The number of rotatable bonds is 4. The standard InChI is InChI=1S/C14H15N5/c15-9-14(10-16)18-17-13-5-3-4-12(8-13)11-19-6-1-2-7-19/h3-5,8,17H,1-2,6-7,11H2. The van der Waals surface area contributed by atoms with E-state index in [0.29, 0.717) is 0 Å². The highest BCUT2D eigenvalue weighted by Gasteiger charge is 2.11. The van der Waals surface area contributed by atoms with Gasteiger partial charge in [0.15, 0.2) is 0 Å². The summed E-state index contributed by atoms with van der Waals surface area (Å²) in [6.07, 6.45) is 2.55. The van der Waals surface area contributed by atoms with E-state index in [4.69, 9.17) is 10.5 Å². The molecule has 1 saturated heterocycles. The van der Waals surface area contributed by atoms with Gasteiger partial charge in [-0.15, -0.1) is 0 Å². The first-order valence-electron chi connectivity index (χ1n) is 6.27. The van der Waals surface area contributed by atoms with Gasteiger partial charge in [0.25, 0.3) is 0 Å². The number of likely N-dealkylation sites (tertiary alicyclic amines) is 1. The number of nitrogens with one attached hydrogen (secondary N) is 1. The van der Waals surface area contributed by atoms with Crippen molar-refractivity contribution in [1.82, 2.24) is 4.90 Å². The van der Waals surface area contributed by atoms with Gasteiger partial charge >= 0.3 is 0 Å². The Morgan fingerprint density at radius 3 is 2.68 bits per heavy atom. The van der Waals surface area contributed by atoms with Crippen molar-refractivity contribution in [3.63, 3.8) is 0 Å². The summed E-state index contributed by atoms with van der Waals surface area (Å²) in [6, 6.07) is 11.3. The molecule has 1 N–H and O–H groups in total. The van der Waals surface area contributed by atoms with E-state index in [1.54, 1.807) is 12.1 Å². The summed E-state index contributed by atoms with van der Waals surface area (Å²) in [5.41, 5.74) is 4.56. The second kappa shape index (κ2) is 6.53. The van der Waals surface area contributed by atoms with Crippen molar-refractivity contribution in [3.05, 3.63) is 29.8 Å². The van der Waals surface area contributed by atoms with Crippen LogP contribution in [-0.4, -0.2) is 23.7 Å². The van der Waals surface area contributed by atoms with Crippen molar-refractivity contribution >= 4 is 11.4 Å². The number of nitriles is 2. The molecule has 0 unspecified atom stereocenters. The Morgan fingerprint density at radius 2 is 2.00 bits per heavy atom. The van der Waals surface area contributed by atoms with E-state index in [0.717, 1.165) is 25.3 Å². The van der Waals surface area contributed by atoms with E-state index in [-0.39, 0.29) is 5.71 Å². The SMILES string of the molecule is N#CC(C#N)=NNc1cccc(CN2CCCC2)c1. The molecular weight excluding hydrogens is 238 g/mol. The zero-order chi connectivity index (χ0) is 13.5. The second-order valence-corrected chi connectivity index (χ2v) is 4.48. The number of hydrogen-bond donors (Lipinski definition) is 1. The minimum absolute atomic E-state index is 0.176. The van der Waals surface area contributed by atoms with Gasteiger partial charge in [-0.2, -0.15) is 15.6 Å². The minimum Gasteiger partial charge on any atom is -0.299 e. The Bertz CT molecular complexity index is 528. The van der Waals surface area contributed by atoms with Crippen LogP contribution >= 0.6 is 0 Å². The fourth-order valence-corrected chi connectivity index (χ4v) is 2.13. The average Bonchev–Trinajstić information content (AvgIpc) is 2.93. The van der Waals surface area contributed by atoms with Crippen LogP contribution in [-0.2, 0) is 6.54 Å². The molecule has 19 heavy (non-hydrogen) atoms. The number of hydrazone groups is 1. The Morgan fingerprint density at radius 1 is 1.26 bits per heavy atom. The van der Waals surface area contributed by atoms with Crippen LogP contribution in [0, 0.1) is 22.7 Å². The van der Waals surface area contributed by atoms with Crippen LogP contribution in [0.15, 0.2) is 29.4 Å². The maximum Gasteiger partial charge on any atom is 0.237 e. The first-order chi connectivity index (χ1) is 9.31. The third-order valence-corrected chi connectivity index (χ3v) is 3.04. The summed E-state index contributed by atoms with van der Waals surface area (Å²) in [4.78, 5) is 2.42. The van der Waals surface area contributed by atoms with Crippen LogP contribution < -0.4 is 5.43 Å². The Kier molecular flexibility index (Phi) is 4.49. The van der Waals surface area contributed by atoms with Gasteiger partial charge in [0.05, 0.1) is 5.69 Å². The molecule has 0 bridgehead atoms. The molecule has 0 aromatic heterocycles. The third-order valence-electron chi connectivity index (χ3n) is 3.04. The summed E-state index contributed by atoms with van der Waals surface area (Å²) in [7, 11) is 0. The molecule has 1 aromatic carbocycles. The van der Waals surface area contributed by atoms with Crippen molar-refractivity contribution in [1.29, 1.82) is 10.5 Å². The smallest absolute Gasteiger partial charge is 0.237 e. The first-order valence-corrected chi connectivity index (χ1v) is 6.27. The van der Waals surface area contributed by atoms with Gasteiger partial charge in [-0.05, 0) is 43.6 Å². The summed E-state index contributed by atoms with van der Waals surface area (Å²) < 4.78 is 0. The molecular formula is C14H15N5. The number of benzene rings is 1. The molecule has 1 aromatic rings. The fraction of sp³-hybridized carbons (Fsp3) is 0.357. The van der Waals surface area contributed by atoms with E-state index in [2.05, 4.69) is 21.5 Å². The van der Waals surface area contributed by atoms with E-state index in [9.17, 15) is 0 Å². The molecule has 0 amide bonds. The maximum atomic E-state index is 8.60. The van der Waals surface area contributed by atoms with Crippen molar-refractivity contribution in [2.24, 2.45) is 5.10 Å². The molecule has 5 heteroatoms. The third kappa shape index (κ3) is 3.80. The Hall–Kier alpha value is -2.37. The van der Waals surface area contributed by atoms with E-state index < -0.39 is 0 Å². The van der Waals surface area contributed by atoms with E-state index in [1.165, 1.54) is 18.4 Å². The Balaban J connectivity index is 2.01. The molecule has 5 nitrogen and oxygen atoms in total. The molecule has 96 valence electrons. The van der Waals surface area contributed by atoms with Crippen molar-refractivity contribution in [2.75, 3.05) is 18.5 Å². The van der Waals surface area contributed by atoms with Crippen molar-refractivity contribution < 1.29 is 0 Å². The van der Waals surface area contributed by atoms with Gasteiger partial charge in [-0.25, -0.2) is 0 Å². The zero-order valence-electron chi connectivity index (χ0n) is 10.6. The quantitative estimate of drug-likeness (QED) is 0.658. The van der Waals surface area contributed by atoms with Crippen LogP contribution in [0.1, 0.15) is 18.4 Å². The molecule has 0 radical (unpaired) electrons. The lowest BCUT2D eigenvalue weighted by Crippen LogP contribution is -2.18.